The van der Waals surface area contributed by atoms with E-state index < -0.39 is 27.3 Å². The van der Waals surface area contributed by atoms with Crippen molar-refractivity contribution >= 4 is 15.5 Å². The van der Waals surface area contributed by atoms with Crippen molar-refractivity contribution in [1.82, 2.24) is 19.2 Å². The molecule has 0 atom stereocenters. The monoisotopic (exact) mass is 412 g/mol. The second-order valence-electron chi connectivity index (χ2n) is 6.60. The van der Waals surface area contributed by atoms with Crippen molar-refractivity contribution in [1.29, 1.82) is 0 Å². The molecular formula is C17H15F3N4O3S. The minimum Gasteiger partial charge on any atom is -0.250 e. The second-order valence-corrected chi connectivity index (χ2v) is 8.85. The van der Waals surface area contributed by atoms with Gasteiger partial charge in [0.25, 0.3) is 0 Å². The number of aromatic nitrogens is 4. The van der Waals surface area contributed by atoms with Crippen molar-refractivity contribution in [3.05, 3.63) is 52.2 Å². The highest BCUT2D eigenvalue weighted by Crippen LogP contribution is 2.40. The number of hydrogen-bond acceptors (Lipinski definition) is 5. The number of hydrogen-bond donors (Lipinski definition) is 0. The summed E-state index contributed by atoms with van der Waals surface area (Å²) in [7, 11) is -3.74. The lowest BCUT2D eigenvalue weighted by molar-refractivity contribution is -0.137. The van der Waals surface area contributed by atoms with Gasteiger partial charge in [0.15, 0.2) is 21.3 Å². The van der Waals surface area contributed by atoms with Crippen LogP contribution in [0.2, 0.25) is 0 Å². The fourth-order valence-electron chi connectivity index (χ4n) is 2.92. The smallest absolute Gasteiger partial charge is 0.250 e. The molecule has 0 saturated heterocycles. The molecule has 11 heteroatoms. The molecule has 0 bridgehead atoms. The molecule has 0 N–H and O–H groups in total. The van der Waals surface area contributed by atoms with Crippen LogP contribution in [0.1, 0.15) is 36.8 Å². The van der Waals surface area contributed by atoms with Gasteiger partial charge in [0, 0.05) is 12.4 Å². The van der Waals surface area contributed by atoms with Gasteiger partial charge in [-0.05, 0) is 42.5 Å². The van der Waals surface area contributed by atoms with E-state index in [1.54, 1.807) is 0 Å². The van der Waals surface area contributed by atoms with E-state index in [0.717, 1.165) is 45.8 Å². The predicted molar refractivity (Wildman–Crippen MR) is 93.3 cm³/mol. The lowest BCUT2D eigenvalue weighted by Crippen LogP contribution is -2.23. The van der Waals surface area contributed by atoms with Gasteiger partial charge in [-0.2, -0.15) is 17.9 Å². The van der Waals surface area contributed by atoms with Gasteiger partial charge < -0.3 is 0 Å². The van der Waals surface area contributed by atoms with Crippen LogP contribution in [0.15, 0.2) is 40.3 Å². The molecule has 0 aromatic carbocycles. The summed E-state index contributed by atoms with van der Waals surface area (Å²) in [6.07, 6.45) is -0.291. The summed E-state index contributed by atoms with van der Waals surface area (Å²) in [5.74, 6) is -0.191. The van der Waals surface area contributed by atoms with Crippen molar-refractivity contribution < 1.29 is 21.6 Å². The molecule has 0 unspecified atom stereocenters. The number of sulfone groups is 1. The molecule has 3 heterocycles. The van der Waals surface area contributed by atoms with Gasteiger partial charge in [0.05, 0.1) is 11.3 Å². The van der Waals surface area contributed by atoms with Gasteiger partial charge in [-0.15, -0.1) is 5.10 Å². The largest absolute Gasteiger partial charge is 0.416 e. The zero-order valence-corrected chi connectivity index (χ0v) is 15.5. The zero-order chi connectivity index (χ0) is 20.3. The molecular weight excluding hydrogens is 397 g/mol. The Morgan fingerprint density at radius 2 is 1.96 bits per heavy atom. The topological polar surface area (TPSA) is 86.3 Å². The highest BCUT2D eigenvalue weighted by Gasteiger charge is 2.32. The van der Waals surface area contributed by atoms with Gasteiger partial charge in [0.2, 0.25) is 0 Å². The van der Waals surface area contributed by atoms with Crippen molar-refractivity contribution in [2.75, 3.05) is 5.75 Å². The van der Waals surface area contributed by atoms with Gasteiger partial charge in [-0.25, -0.2) is 22.6 Å². The van der Waals surface area contributed by atoms with Crippen molar-refractivity contribution in [2.24, 2.45) is 0 Å². The molecule has 3 aromatic heterocycles. The fourth-order valence-corrected chi connectivity index (χ4v) is 3.97. The molecule has 1 saturated carbocycles. The maximum absolute atomic E-state index is 12.9. The number of rotatable bonds is 4. The van der Waals surface area contributed by atoms with E-state index in [0.29, 0.717) is 0 Å². The van der Waals surface area contributed by atoms with Gasteiger partial charge in [-0.3, -0.25) is 0 Å². The third kappa shape index (κ3) is 3.09. The Morgan fingerprint density at radius 1 is 1.25 bits per heavy atom. The molecule has 1 aliphatic rings. The summed E-state index contributed by atoms with van der Waals surface area (Å²) in [5, 5.41) is 3.90. The fraction of sp³-hybridized carbons (Fsp3) is 0.353. The van der Waals surface area contributed by atoms with Gasteiger partial charge >= 0.3 is 11.9 Å². The Kier molecular flexibility index (Phi) is 4.11. The quantitative estimate of drug-likeness (QED) is 0.658. The number of nitrogens with zero attached hydrogens (tertiary/aromatic N) is 4. The number of pyridine rings is 2. The minimum atomic E-state index is -4.59. The molecule has 0 radical (unpaired) electrons. The van der Waals surface area contributed by atoms with Crippen molar-refractivity contribution in [3.8, 4) is 5.82 Å². The van der Waals surface area contributed by atoms with Crippen LogP contribution in [-0.4, -0.2) is 33.3 Å². The standard InChI is InChI=1S/C17H15F3N4O3S/c1-2-28(26,27)13-7-11(10-3-4-10)9-21-15(13)24-16(25)23-6-5-12(17(18,19)20)8-14(23)22-24/h5-10H,2-4H2,1H3. The van der Waals surface area contributed by atoms with E-state index >= 15 is 0 Å². The molecule has 1 fully saturated rings. The Morgan fingerprint density at radius 3 is 2.57 bits per heavy atom. The summed E-state index contributed by atoms with van der Waals surface area (Å²) < 4.78 is 65.5. The Hall–Kier alpha value is -2.69. The predicted octanol–water partition coefficient (Wildman–Crippen LogP) is 2.57. The van der Waals surface area contributed by atoms with Crippen LogP contribution in [0.5, 0.6) is 0 Å². The van der Waals surface area contributed by atoms with Crippen molar-refractivity contribution in [2.45, 2.75) is 36.8 Å². The van der Waals surface area contributed by atoms with Crippen LogP contribution in [0, 0.1) is 0 Å². The Balaban J connectivity index is 1.95. The lowest BCUT2D eigenvalue weighted by Gasteiger charge is -2.09. The van der Waals surface area contributed by atoms with E-state index in [1.165, 1.54) is 19.2 Å². The molecule has 7 nitrogen and oxygen atoms in total. The lowest BCUT2D eigenvalue weighted by atomic mass is 10.2. The third-order valence-electron chi connectivity index (χ3n) is 4.67. The van der Waals surface area contributed by atoms with Crippen LogP contribution in [0.25, 0.3) is 11.5 Å². The zero-order valence-electron chi connectivity index (χ0n) is 14.6. The van der Waals surface area contributed by atoms with Crippen LogP contribution in [-0.2, 0) is 16.0 Å². The SMILES string of the molecule is CCS(=O)(=O)c1cc(C2CC2)cnc1-n1nc2cc(C(F)(F)F)ccn2c1=O. The highest BCUT2D eigenvalue weighted by molar-refractivity contribution is 7.91. The van der Waals surface area contributed by atoms with Crippen molar-refractivity contribution in [3.63, 3.8) is 0 Å². The average molecular weight is 412 g/mol. The van der Waals surface area contributed by atoms with Crippen LogP contribution >= 0.6 is 0 Å². The van der Waals surface area contributed by atoms with E-state index in [4.69, 9.17) is 0 Å². The first-order chi connectivity index (χ1) is 13.1. The first-order valence-corrected chi connectivity index (χ1v) is 10.2. The normalized spacial score (nSPS) is 15.3. The highest BCUT2D eigenvalue weighted by atomic mass is 32.2. The molecule has 0 spiro atoms. The average Bonchev–Trinajstić information content (AvgIpc) is 3.45. The number of alkyl halides is 3. The third-order valence-corrected chi connectivity index (χ3v) is 6.40. The summed E-state index contributed by atoms with van der Waals surface area (Å²) in [5.41, 5.74) is -1.27. The van der Waals surface area contributed by atoms with E-state index in [1.807, 2.05) is 0 Å². The summed E-state index contributed by atoms with van der Waals surface area (Å²) >= 11 is 0. The Labute approximate surface area is 157 Å². The summed E-state index contributed by atoms with van der Waals surface area (Å²) in [6, 6.07) is 2.97. The number of fused-ring (bicyclic) bond motifs is 1. The summed E-state index contributed by atoms with van der Waals surface area (Å²) in [6.45, 7) is 1.46. The maximum Gasteiger partial charge on any atom is 0.416 e. The summed E-state index contributed by atoms with van der Waals surface area (Å²) in [4.78, 5) is 16.6. The van der Waals surface area contributed by atoms with E-state index in [-0.39, 0.29) is 28.0 Å². The van der Waals surface area contributed by atoms with Crippen LogP contribution in [0.3, 0.4) is 0 Å². The van der Waals surface area contributed by atoms with Gasteiger partial charge in [-0.1, -0.05) is 6.92 Å². The van der Waals surface area contributed by atoms with E-state index in [9.17, 15) is 26.4 Å². The minimum absolute atomic E-state index is 0.152. The van der Waals surface area contributed by atoms with Crippen LogP contribution < -0.4 is 5.69 Å². The number of halogens is 3. The molecule has 0 amide bonds. The molecule has 1 aliphatic carbocycles. The second kappa shape index (κ2) is 6.16. The van der Waals surface area contributed by atoms with Gasteiger partial charge in [0.1, 0.15) is 4.90 Å². The maximum atomic E-state index is 12.9. The molecule has 148 valence electrons. The van der Waals surface area contributed by atoms with Crippen LogP contribution in [0.4, 0.5) is 13.2 Å². The first-order valence-electron chi connectivity index (χ1n) is 8.53. The Bertz CT molecular complexity index is 1240. The molecule has 0 aliphatic heterocycles. The molecule has 4 rings (SSSR count). The molecule has 3 aromatic rings. The van der Waals surface area contributed by atoms with E-state index in [2.05, 4.69) is 10.1 Å². The molecule has 28 heavy (non-hydrogen) atoms. The first kappa shape index (κ1) is 18.7.